The van der Waals surface area contributed by atoms with Crippen LogP contribution in [-0.2, 0) is 22.6 Å². The molecule has 0 radical (unpaired) electrons. The number of carbonyl (C=O) groups excluding carboxylic acids is 1. The Hall–Kier alpha value is -2.36. The molecule has 0 amide bonds. The van der Waals surface area contributed by atoms with Crippen LogP contribution in [0, 0.1) is 12.7 Å². The van der Waals surface area contributed by atoms with Gasteiger partial charge in [-0.1, -0.05) is 24.3 Å². The molecule has 0 saturated heterocycles. The minimum absolute atomic E-state index is 0.0646. The number of halogens is 1. The van der Waals surface area contributed by atoms with Gasteiger partial charge in [0, 0.05) is 5.69 Å². The predicted molar refractivity (Wildman–Crippen MR) is 75.5 cm³/mol. The van der Waals surface area contributed by atoms with E-state index in [1.54, 1.807) is 24.3 Å². The first-order chi connectivity index (χ1) is 9.56. The first-order valence-electron chi connectivity index (χ1n) is 6.30. The average molecular weight is 273 g/mol. The second kappa shape index (κ2) is 6.19. The zero-order valence-electron chi connectivity index (χ0n) is 11.2. The molecule has 2 N–H and O–H groups in total. The molecule has 20 heavy (non-hydrogen) atoms. The molecular weight excluding hydrogens is 257 g/mol. The number of hydrogen-bond acceptors (Lipinski definition) is 3. The Labute approximate surface area is 117 Å². The highest BCUT2D eigenvalue weighted by Crippen LogP contribution is 2.14. The summed E-state index contributed by atoms with van der Waals surface area (Å²) in [7, 11) is 0. The fourth-order valence-corrected chi connectivity index (χ4v) is 1.86. The molecule has 2 aromatic rings. The van der Waals surface area contributed by atoms with Gasteiger partial charge in [-0.05, 0) is 41.8 Å². The molecule has 2 aromatic carbocycles. The van der Waals surface area contributed by atoms with Gasteiger partial charge in [-0.3, -0.25) is 4.79 Å². The first kappa shape index (κ1) is 14.1. The molecule has 0 heterocycles. The van der Waals surface area contributed by atoms with Crippen molar-refractivity contribution in [3.8, 4) is 0 Å². The summed E-state index contributed by atoms with van der Waals surface area (Å²) in [5.41, 5.74) is 8.61. The Morgan fingerprint density at radius 2 is 1.95 bits per heavy atom. The van der Waals surface area contributed by atoms with Crippen molar-refractivity contribution in [3.05, 3.63) is 65.0 Å². The van der Waals surface area contributed by atoms with Crippen LogP contribution < -0.4 is 5.73 Å². The molecule has 104 valence electrons. The number of nitrogens with two attached hydrogens (primary N) is 1. The summed E-state index contributed by atoms with van der Waals surface area (Å²) in [5, 5.41) is 0. The van der Waals surface area contributed by atoms with Crippen LogP contribution in [0.15, 0.2) is 42.5 Å². The van der Waals surface area contributed by atoms with Crippen LogP contribution in [0.1, 0.15) is 16.7 Å². The second-order valence-electron chi connectivity index (χ2n) is 4.61. The number of rotatable bonds is 4. The number of esters is 1. The van der Waals surface area contributed by atoms with Crippen LogP contribution in [0.3, 0.4) is 0 Å². The zero-order chi connectivity index (χ0) is 14.5. The van der Waals surface area contributed by atoms with E-state index in [0.717, 1.165) is 11.1 Å². The standard InChI is InChI=1S/C16H16FNO2/c1-11-6-7-14(17)8-13(11)10-20-16(19)9-12-4-2-3-5-15(12)18/h2-8H,9-10,18H2,1H3. The average Bonchev–Trinajstić information content (AvgIpc) is 2.42. The monoisotopic (exact) mass is 273 g/mol. The van der Waals surface area contributed by atoms with Crippen molar-refractivity contribution in [1.29, 1.82) is 0 Å². The SMILES string of the molecule is Cc1ccc(F)cc1COC(=O)Cc1ccccc1N. The molecule has 0 bridgehead atoms. The maximum atomic E-state index is 13.1. The molecule has 0 fully saturated rings. The number of benzene rings is 2. The van der Waals surface area contributed by atoms with Crippen LogP contribution in [0.2, 0.25) is 0 Å². The summed E-state index contributed by atoms with van der Waals surface area (Å²) in [6.45, 7) is 1.91. The number of anilines is 1. The van der Waals surface area contributed by atoms with Gasteiger partial charge in [-0.15, -0.1) is 0 Å². The molecular formula is C16H16FNO2. The maximum absolute atomic E-state index is 13.1. The molecule has 0 aliphatic heterocycles. The van der Waals surface area contributed by atoms with Gasteiger partial charge in [0.05, 0.1) is 6.42 Å². The number of nitrogen functional groups attached to an aromatic ring is 1. The molecule has 0 saturated carbocycles. The van der Waals surface area contributed by atoms with Crippen molar-refractivity contribution in [2.75, 3.05) is 5.73 Å². The highest BCUT2D eigenvalue weighted by atomic mass is 19.1. The topological polar surface area (TPSA) is 52.3 Å². The number of para-hydroxylation sites is 1. The number of carbonyl (C=O) groups is 1. The van der Waals surface area contributed by atoms with E-state index in [-0.39, 0.29) is 24.8 Å². The van der Waals surface area contributed by atoms with Crippen LogP contribution in [0.25, 0.3) is 0 Å². The molecule has 0 aromatic heterocycles. The van der Waals surface area contributed by atoms with E-state index in [2.05, 4.69) is 0 Å². The Bertz CT molecular complexity index is 626. The van der Waals surface area contributed by atoms with Gasteiger partial charge in [-0.25, -0.2) is 4.39 Å². The lowest BCUT2D eigenvalue weighted by Crippen LogP contribution is -2.10. The zero-order valence-corrected chi connectivity index (χ0v) is 11.2. The van der Waals surface area contributed by atoms with Crippen molar-refractivity contribution < 1.29 is 13.9 Å². The van der Waals surface area contributed by atoms with Crippen molar-refractivity contribution in [3.63, 3.8) is 0 Å². The van der Waals surface area contributed by atoms with Crippen molar-refractivity contribution in [2.45, 2.75) is 20.0 Å². The molecule has 4 heteroatoms. The largest absolute Gasteiger partial charge is 0.461 e. The summed E-state index contributed by atoms with van der Waals surface area (Å²) in [6.07, 6.45) is 0.112. The van der Waals surface area contributed by atoms with Crippen molar-refractivity contribution >= 4 is 11.7 Å². The lowest BCUT2D eigenvalue weighted by Gasteiger charge is -2.09. The number of hydrogen-bond donors (Lipinski definition) is 1. The molecule has 0 unspecified atom stereocenters. The Kier molecular flexibility index (Phi) is 4.35. The molecule has 0 spiro atoms. The van der Waals surface area contributed by atoms with Crippen molar-refractivity contribution in [2.24, 2.45) is 0 Å². The second-order valence-corrected chi connectivity index (χ2v) is 4.61. The van der Waals surface area contributed by atoms with E-state index in [1.807, 2.05) is 13.0 Å². The normalized spacial score (nSPS) is 10.3. The third-order valence-corrected chi connectivity index (χ3v) is 3.09. The van der Waals surface area contributed by atoms with Gasteiger partial charge in [-0.2, -0.15) is 0 Å². The predicted octanol–water partition coefficient (Wildman–Crippen LogP) is 3.00. The third kappa shape index (κ3) is 3.57. The number of aryl methyl sites for hydroxylation is 1. The van der Waals surface area contributed by atoms with E-state index >= 15 is 0 Å². The van der Waals surface area contributed by atoms with Crippen LogP contribution >= 0.6 is 0 Å². The highest BCUT2D eigenvalue weighted by molar-refractivity contribution is 5.74. The van der Waals surface area contributed by atoms with Gasteiger partial charge in [0.2, 0.25) is 0 Å². The van der Waals surface area contributed by atoms with E-state index in [0.29, 0.717) is 11.3 Å². The van der Waals surface area contributed by atoms with E-state index < -0.39 is 0 Å². The van der Waals surface area contributed by atoms with Gasteiger partial charge in [0.1, 0.15) is 12.4 Å². The Morgan fingerprint density at radius 3 is 2.70 bits per heavy atom. The molecule has 3 nitrogen and oxygen atoms in total. The lowest BCUT2D eigenvalue weighted by molar-refractivity contribution is -0.144. The van der Waals surface area contributed by atoms with Crippen LogP contribution in [0.4, 0.5) is 10.1 Å². The van der Waals surface area contributed by atoms with Gasteiger partial charge in [0.15, 0.2) is 0 Å². The van der Waals surface area contributed by atoms with E-state index in [4.69, 9.17) is 10.5 Å². The summed E-state index contributed by atoms with van der Waals surface area (Å²) in [6, 6.07) is 11.6. The molecule has 0 aliphatic carbocycles. The molecule has 0 atom stereocenters. The molecule has 2 rings (SSSR count). The Morgan fingerprint density at radius 1 is 1.20 bits per heavy atom. The maximum Gasteiger partial charge on any atom is 0.310 e. The summed E-state index contributed by atoms with van der Waals surface area (Å²) in [4.78, 5) is 11.8. The smallest absolute Gasteiger partial charge is 0.310 e. The lowest BCUT2D eigenvalue weighted by atomic mass is 10.1. The van der Waals surface area contributed by atoms with E-state index in [9.17, 15) is 9.18 Å². The van der Waals surface area contributed by atoms with E-state index in [1.165, 1.54) is 12.1 Å². The first-order valence-corrected chi connectivity index (χ1v) is 6.30. The Balaban J connectivity index is 1.96. The highest BCUT2D eigenvalue weighted by Gasteiger charge is 2.09. The minimum atomic E-state index is -0.383. The summed E-state index contributed by atoms with van der Waals surface area (Å²) < 4.78 is 18.3. The van der Waals surface area contributed by atoms with Gasteiger partial charge >= 0.3 is 5.97 Å². The van der Waals surface area contributed by atoms with Crippen molar-refractivity contribution in [1.82, 2.24) is 0 Å². The van der Waals surface area contributed by atoms with Crippen LogP contribution in [0.5, 0.6) is 0 Å². The molecule has 0 aliphatic rings. The number of ether oxygens (including phenoxy) is 1. The van der Waals surface area contributed by atoms with Gasteiger partial charge < -0.3 is 10.5 Å². The van der Waals surface area contributed by atoms with Gasteiger partial charge in [0.25, 0.3) is 0 Å². The minimum Gasteiger partial charge on any atom is -0.461 e. The fourth-order valence-electron chi connectivity index (χ4n) is 1.86. The summed E-state index contributed by atoms with van der Waals surface area (Å²) in [5.74, 6) is -0.722. The quantitative estimate of drug-likeness (QED) is 0.688. The third-order valence-electron chi connectivity index (χ3n) is 3.09. The fraction of sp³-hybridized carbons (Fsp3) is 0.188. The van der Waals surface area contributed by atoms with Crippen LogP contribution in [-0.4, -0.2) is 5.97 Å². The summed E-state index contributed by atoms with van der Waals surface area (Å²) >= 11 is 0.